The van der Waals surface area contributed by atoms with Crippen LogP contribution < -0.4 is 27.1 Å². The molecule has 0 bridgehead atoms. The Morgan fingerprint density at radius 2 is 0.727 bits per heavy atom. The molecule has 5 rings (SSSR count). The van der Waals surface area contributed by atoms with Gasteiger partial charge in [-0.05, 0) is 72.1 Å². The Balaban J connectivity index is 1.48. The highest BCUT2D eigenvalue weighted by Crippen LogP contribution is 2.54. The summed E-state index contributed by atoms with van der Waals surface area (Å²) < 4.78 is 63.4. The molecule has 0 aliphatic rings. The van der Waals surface area contributed by atoms with Gasteiger partial charge in [-0.1, -0.05) is 93.6 Å². The van der Waals surface area contributed by atoms with Crippen LogP contribution in [0.3, 0.4) is 0 Å². The van der Waals surface area contributed by atoms with E-state index < -0.39 is 21.1 Å². The minimum atomic E-state index is -4.27. The van der Waals surface area contributed by atoms with E-state index >= 15 is 0 Å². The monoisotopic (exact) mass is 630 g/mol. The number of phosphoric acid groups is 2. The van der Waals surface area contributed by atoms with Crippen molar-refractivity contribution in [2.45, 2.75) is 26.2 Å². The third-order valence-electron chi connectivity index (χ3n) is 6.03. The van der Waals surface area contributed by atoms with Crippen LogP contribution in [0.5, 0.6) is 34.5 Å². The molecule has 0 spiro atoms. The summed E-state index contributed by atoms with van der Waals surface area (Å²) in [5, 5.41) is 0. The van der Waals surface area contributed by atoms with Crippen molar-refractivity contribution < 1.29 is 36.3 Å². The summed E-state index contributed by atoms with van der Waals surface area (Å²) in [6.45, 7) is 5.83. The largest absolute Gasteiger partial charge is 0.647 e. The Morgan fingerprint density at radius 3 is 1.07 bits per heavy atom. The van der Waals surface area contributed by atoms with E-state index in [1.54, 1.807) is 109 Å². The molecule has 0 aromatic heterocycles. The van der Waals surface area contributed by atoms with Crippen molar-refractivity contribution in [1.82, 2.24) is 0 Å². The summed E-state index contributed by atoms with van der Waals surface area (Å²) >= 11 is 0. The van der Waals surface area contributed by atoms with Gasteiger partial charge in [0.1, 0.15) is 34.5 Å². The fourth-order valence-corrected chi connectivity index (χ4v) is 6.55. The van der Waals surface area contributed by atoms with Crippen LogP contribution >= 0.6 is 15.6 Å². The molecule has 0 aliphatic heterocycles. The molecular formula is C34H32O8P2. The van der Waals surface area contributed by atoms with Gasteiger partial charge < -0.3 is 27.1 Å². The molecule has 0 aliphatic carbocycles. The zero-order chi connectivity index (χ0) is 31.0. The van der Waals surface area contributed by atoms with Crippen LogP contribution in [0.4, 0.5) is 0 Å². The average Bonchev–Trinajstić information content (AvgIpc) is 2.99. The van der Waals surface area contributed by atoms with Crippen LogP contribution in [0.25, 0.3) is 0 Å². The topological polar surface area (TPSA) is 89.5 Å². The number of para-hydroxylation sites is 4. The van der Waals surface area contributed by atoms with Crippen molar-refractivity contribution >= 4 is 15.6 Å². The molecule has 8 nitrogen and oxygen atoms in total. The van der Waals surface area contributed by atoms with Gasteiger partial charge in [0.05, 0.1) is 0 Å². The van der Waals surface area contributed by atoms with E-state index in [-0.39, 0.29) is 11.5 Å². The fraction of sp³-hybridized carbons (Fsp3) is 0.118. The lowest BCUT2D eigenvalue weighted by Gasteiger charge is -2.26. The quantitative estimate of drug-likeness (QED) is 0.126. The second kappa shape index (κ2) is 13.3. The smallest absolute Gasteiger partial charge is 0.386 e. The van der Waals surface area contributed by atoms with Gasteiger partial charge in [0.15, 0.2) is 0 Å². The van der Waals surface area contributed by atoms with Gasteiger partial charge >= 0.3 is 15.6 Å². The minimum absolute atomic E-state index is 0.181. The normalized spacial score (nSPS) is 11.7. The molecule has 0 unspecified atom stereocenters. The van der Waals surface area contributed by atoms with Crippen molar-refractivity contribution in [2.75, 3.05) is 0 Å². The van der Waals surface area contributed by atoms with Crippen molar-refractivity contribution in [3.63, 3.8) is 0 Å². The van der Waals surface area contributed by atoms with Gasteiger partial charge in [-0.2, -0.15) is 9.13 Å². The Morgan fingerprint density at radius 1 is 0.409 bits per heavy atom. The summed E-state index contributed by atoms with van der Waals surface area (Å²) in [6.07, 6.45) is 0. The van der Waals surface area contributed by atoms with E-state index in [0.29, 0.717) is 28.6 Å². The highest BCUT2D eigenvalue weighted by molar-refractivity contribution is 7.50. The van der Waals surface area contributed by atoms with Gasteiger partial charge in [0.2, 0.25) is 0 Å². The molecule has 10 heteroatoms. The maximum atomic E-state index is 14.1. The highest BCUT2D eigenvalue weighted by Gasteiger charge is 2.37. The molecule has 0 saturated heterocycles. The molecule has 0 fully saturated rings. The zero-order valence-corrected chi connectivity index (χ0v) is 26.2. The lowest BCUT2D eigenvalue weighted by molar-refractivity contribution is 0.291. The van der Waals surface area contributed by atoms with Gasteiger partial charge in [0, 0.05) is 5.56 Å². The number of benzene rings is 5. The zero-order valence-electron chi connectivity index (χ0n) is 24.4. The first-order chi connectivity index (χ1) is 21.1. The van der Waals surface area contributed by atoms with Crippen LogP contribution in [0.2, 0.25) is 0 Å². The van der Waals surface area contributed by atoms with E-state index in [9.17, 15) is 9.13 Å². The lowest BCUT2D eigenvalue weighted by atomic mass is 9.86. The van der Waals surface area contributed by atoms with Gasteiger partial charge in [0.25, 0.3) is 0 Å². The summed E-state index contributed by atoms with van der Waals surface area (Å²) in [7, 11) is -8.52. The van der Waals surface area contributed by atoms with Crippen LogP contribution in [0, 0.1) is 0 Å². The second-order valence-corrected chi connectivity index (χ2v) is 13.5. The van der Waals surface area contributed by atoms with Gasteiger partial charge in [-0.15, -0.1) is 0 Å². The molecule has 0 heterocycles. The van der Waals surface area contributed by atoms with Crippen LogP contribution in [-0.2, 0) is 14.5 Å². The summed E-state index contributed by atoms with van der Waals surface area (Å²) in [5.41, 5.74) is 0.0263. The van der Waals surface area contributed by atoms with Crippen LogP contribution in [0.15, 0.2) is 140 Å². The third kappa shape index (κ3) is 8.47. The molecule has 0 atom stereocenters. The molecule has 5 aromatic rings. The predicted octanol–water partition coefficient (Wildman–Crippen LogP) is 10.3. The fourth-order valence-electron chi connectivity index (χ4n) is 4.03. The molecular weight excluding hydrogens is 598 g/mol. The Hall–Kier alpha value is -4.64. The summed E-state index contributed by atoms with van der Waals surface area (Å²) in [4.78, 5) is 0. The maximum absolute atomic E-state index is 14.1. The molecule has 226 valence electrons. The highest BCUT2D eigenvalue weighted by atomic mass is 31.2. The van der Waals surface area contributed by atoms with E-state index in [4.69, 9.17) is 27.1 Å². The van der Waals surface area contributed by atoms with Crippen molar-refractivity contribution in [1.29, 1.82) is 0 Å². The van der Waals surface area contributed by atoms with E-state index in [2.05, 4.69) is 0 Å². The van der Waals surface area contributed by atoms with Gasteiger partial charge in [-0.3, -0.25) is 0 Å². The Bertz CT molecular complexity index is 1650. The number of rotatable bonds is 12. The molecule has 0 radical (unpaired) electrons. The molecule has 0 amide bonds. The number of hydrogen-bond donors (Lipinski definition) is 0. The second-order valence-electron chi connectivity index (χ2n) is 10.6. The SMILES string of the molecule is CC(C)(C)c1cc(OP(=O)(Oc2ccccc2)Oc2ccccc2)ccc1OP(=O)(Oc1ccccc1)Oc1ccccc1. The lowest BCUT2D eigenvalue weighted by Crippen LogP contribution is -2.16. The maximum Gasteiger partial charge on any atom is 0.647 e. The molecule has 44 heavy (non-hydrogen) atoms. The van der Waals surface area contributed by atoms with Crippen molar-refractivity contribution in [3.8, 4) is 34.5 Å². The minimum Gasteiger partial charge on any atom is -0.386 e. The molecule has 0 saturated carbocycles. The summed E-state index contributed by atoms with van der Waals surface area (Å²) in [5.74, 6) is 1.63. The third-order valence-corrected chi connectivity index (χ3v) is 8.62. The number of hydrogen-bond acceptors (Lipinski definition) is 8. The van der Waals surface area contributed by atoms with E-state index in [0.717, 1.165) is 0 Å². The van der Waals surface area contributed by atoms with E-state index in [1.807, 2.05) is 45.0 Å². The summed E-state index contributed by atoms with van der Waals surface area (Å²) in [6, 6.07) is 39.2. The standard InChI is InChI=1S/C34H32O8P2/c1-34(2,3)32-26-31(41-43(35,37-27-16-8-4-9-17-27)38-28-18-10-5-11-19-28)24-25-33(32)42-44(36,39-29-20-12-6-13-21-29)40-30-22-14-7-15-23-30/h4-26H,1-3H3. The first-order valence-electron chi connectivity index (χ1n) is 13.8. The first kappa shape index (κ1) is 30.8. The average molecular weight is 631 g/mol. The van der Waals surface area contributed by atoms with E-state index in [1.165, 1.54) is 6.07 Å². The predicted molar refractivity (Wildman–Crippen MR) is 170 cm³/mol. The number of phosphoric ester groups is 2. The van der Waals surface area contributed by atoms with Crippen LogP contribution in [0.1, 0.15) is 26.3 Å². The Labute approximate surface area is 257 Å². The van der Waals surface area contributed by atoms with Crippen LogP contribution in [-0.4, -0.2) is 0 Å². The first-order valence-corrected chi connectivity index (χ1v) is 16.7. The Kier molecular flexibility index (Phi) is 9.34. The van der Waals surface area contributed by atoms with Crippen molar-refractivity contribution in [2.24, 2.45) is 0 Å². The molecule has 5 aromatic carbocycles. The van der Waals surface area contributed by atoms with Gasteiger partial charge in [-0.25, -0.2) is 0 Å². The molecule has 0 N–H and O–H groups in total. The van der Waals surface area contributed by atoms with Crippen molar-refractivity contribution in [3.05, 3.63) is 145 Å².